The summed E-state index contributed by atoms with van der Waals surface area (Å²) in [5.74, 6) is -0.847. The number of carboxylic acids is 1. The van der Waals surface area contributed by atoms with Crippen molar-refractivity contribution in [3.63, 3.8) is 0 Å². The van der Waals surface area contributed by atoms with Gasteiger partial charge in [-0.25, -0.2) is 4.79 Å². The van der Waals surface area contributed by atoms with E-state index in [4.69, 9.17) is 4.74 Å². The number of nitrogens with zero attached hydrogens (tertiary/aromatic N) is 1. The largest absolute Gasteiger partial charge is 0.481 e. The monoisotopic (exact) mass is 334 g/mol. The molecule has 1 aromatic rings. The molecule has 24 heavy (non-hydrogen) atoms. The van der Waals surface area contributed by atoms with Crippen LogP contribution in [-0.4, -0.2) is 47.7 Å². The minimum atomic E-state index is -0.847. The number of benzene rings is 1. The van der Waals surface area contributed by atoms with E-state index >= 15 is 0 Å². The van der Waals surface area contributed by atoms with Crippen LogP contribution in [-0.2, 0) is 16.1 Å². The van der Waals surface area contributed by atoms with Crippen molar-refractivity contribution in [3.05, 3.63) is 35.9 Å². The molecule has 0 saturated carbocycles. The van der Waals surface area contributed by atoms with Gasteiger partial charge in [-0.15, -0.1) is 0 Å². The molecule has 2 N–H and O–H groups in total. The van der Waals surface area contributed by atoms with Crippen molar-refractivity contribution < 1.29 is 19.4 Å². The smallest absolute Gasteiger partial charge is 0.317 e. The van der Waals surface area contributed by atoms with Crippen LogP contribution in [0.15, 0.2) is 30.3 Å². The molecule has 2 atom stereocenters. The van der Waals surface area contributed by atoms with E-state index in [0.29, 0.717) is 32.6 Å². The van der Waals surface area contributed by atoms with Crippen LogP contribution in [0.1, 0.15) is 32.3 Å². The van der Waals surface area contributed by atoms with Crippen molar-refractivity contribution in [3.8, 4) is 0 Å². The maximum atomic E-state index is 12.2. The number of hydrogen-bond donors (Lipinski definition) is 2. The van der Waals surface area contributed by atoms with Gasteiger partial charge < -0.3 is 20.1 Å². The van der Waals surface area contributed by atoms with E-state index < -0.39 is 11.4 Å². The highest BCUT2D eigenvalue weighted by molar-refractivity contribution is 5.79. The lowest BCUT2D eigenvalue weighted by Crippen LogP contribution is -2.44. The van der Waals surface area contributed by atoms with E-state index in [2.05, 4.69) is 5.32 Å². The van der Waals surface area contributed by atoms with E-state index in [1.165, 1.54) is 0 Å². The molecule has 1 saturated heterocycles. The third kappa shape index (κ3) is 4.96. The molecule has 2 unspecified atom stereocenters. The summed E-state index contributed by atoms with van der Waals surface area (Å²) in [5, 5.41) is 12.1. The van der Waals surface area contributed by atoms with Crippen LogP contribution in [0.3, 0.4) is 0 Å². The van der Waals surface area contributed by atoms with E-state index in [0.717, 1.165) is 5.56 Å². The van der Waals surface area contributed by atoms with Crippen molar-refractivity contribution in [1.82, 2.24) is 10.2 Å². The van der Waals surface area contributed by atoms with Crippen LogP contribution < -0.4 is 5.32 Å². The van der Waals surface area contributed by atoms with Gasteiger partial charge in [-0.1, -0.05) is 30.3 Å². The summed E-state index contributed by atoms with van der Waals surface area (Å²) in [6, 6.07) is 9.72. The van der Waals surface area contributed by atoms with Crippen LogP contribution in [0.2, 0.25) is 0 Å². The predicted octanol–water partition coefficient (Wildman–Crippen LogP) is 2.49. The van der Waals surface area contributed by atoms with Gasteiger partial charge in [0.1, 0.15) is 0 Å². The average Bonchev–Trinajstić information content (AvgIpc) is 2.97. The summed E-state index contributed by atoms with van der Waals surface area (Å²) >= 11 is 0. The highest BCUT2D eigenvalue weighted by Gasteiger charge is 2.42. The molecule has 6 heteroatoms. The van der Waals surface area contributed by atoms with E-state index in [1.54, 1.807) is 11.8 Å². The SMILES string of the molecule is CC(CCOCc1ccccc1)NC(=O)N1CCC(C)(C(=O)O)C1. The standard InChI is InChI=1S/C18H26N2O4/c1-14(8-11-24-12-15-6-4-3-5-7-15)19-17(23)20-10-9-18(2,13-20)16(21)22/h3-7,14H,8-13H2,1-2H3,(H,19,23)(H,21,22). The molecule has 1 aliphatic heterocycles. The van der Waals surface area contributed by atoms with Gasteiger partial charge in [0.05, 0.1) is 12.0 Å². The first-order chi connectivity index (χ1) is 11.4. The van der Waals surface area contributed by atoms with E-state index in [1.807, 2.05) is 37.3 Å². The number of amides is 2. The third-order valence-corrected chi connectivity index (χ3v) is 4.45. The first kappa shape index (κ1) is 18.3. The van der Waals surface area contributed by atoms with Crippen molar-refractivity contribution in [2.75, 3.05) is 19.7 Å². The molecule has 6 nitrogen and oxygen atoms in total. The lowest BCUT2D eigenvalue weighted by molar-refractivity contribution is -0.146. The lowest BCUT2D eigenvalue weighted by atomic mass is 9.90. The molecule has 0 radical (unpaired) electrons. The molecular formula is C18H26N2O4. The first-order valence-corrected chi connectivity index (χ1v) is 8.31. The number of nitrogens with one attached hydrogen (secondary N) is 1. The molecule has 0 bridgehead atoms. The fourth-order valence-corrected chi connectivity index (χ4v) is 2.71. The van der Waals surface area contributed by atoms with Crippen LogP contribution in [0, 0.1) is 5.41 Å². The van der Waals surface area contributed by atoms with Gasteiger partial charge in [0, 0.05) is 25.7 Å². The number of likely N-dealkylation sites (tertiary alicyclic amines) is 1. The van der Waals surface area contributed by atoms with Crippen LogP contribution in [0.5, 0.6) is 0 Å². The highest BCUT2D eigenvalue weighted by Crippen LogP contribution is 2.30. The molecule has 2 amide bonds. The maximum Gasteiger partial charge on any atom is 0.317 e. The summed E-state index contributed by atoms with van der Waals surface area (Å²) in [7, 11) is 0. The Hall–Kier alpha value is -2.08. The Kier molecular flexibility index (Phi) is 6.20. The number of carbonyl (C=O) groups excluding carboxylic acids is 1. The van der Waals surface area contributed by atoms with Gasteiger partial charge in [0.15, 0.2) is 0 Å². The van der Waals surface area contributed by atoms with Gasteiger partial charge >= 0.3 is 12.0 Å². The Balaban J connectivity index is 1.66. The fraction of sp³-hybridized carbons (Fsp3) is 0.556. The molecule has 2 rings (SSSR count). The number of carbonyl (C=O) groups is 2. The van der Waals surface area contributed by atoms with Crippen molar-refractivity contribution in [2.24, 2.45) is 5.41 Å². The Labute approximate surface area is 142 Å². The quantitative estimate of drug-likeness (QED) is 0.751. The van der Waals surface area contributed by atoms with Crippen LogP contribution in [0.25, 0.3) is 0 Å². The molecule has 1 aromatic carbocycles. The summed E-state index contributed by atoms with van der Waals surface area (Å²) in [5.41, 5.74) is 0.290. The summed E-state index contributed by atoms with van der Waals surface area (Å²) in [6.45, 7) is 5.46. The minimum Gasteiger partial charge on any atom is -0.481 e. The zero-order chi connectivity index (χ0) is 17.6. The molecule has 132 valence electrons. The Morgan fingerprint density at radius 3 is 2.71 bits per heavy atom. The number of hydrogen-bond acceptors (Lipinski definition) is 3. The molecule has 1 heterocycles. The van der Waals surface area contributed by atoms with Gasteiger partial charge in [-0.3, -0.25) is 4.79 Å². The Morgan fingerprint density at radius 1 is 1.38 bits per heavy atom. The van der Waals surface area contributed by atoms with E-state index in [9.17, 15) is 14.7 Å². The second-order valence-electron chi connectivity index (χ2n) is 6.71. The van der Waals surface area contributed by atoms with Crippen molar-refractivity contribution in [1.29, 1.82) is 0 Å². The Morgan fingerprint density at radius 2 is 2.08 bits per heavy atom. The number of aliphatic carboxylic acids is 1. The second-order valence-corrected chi connectivity index (χ2v) is 6.71. The molecule has 0 aromatic heterocycles. The summed E-state index contributed by atoms with van der Waals surface area (Å²) in [6.07, 6.45) is 1.20. The molecule has 0 spiro atoms. The number of carboxylic acid groups (broad SMARTS) is 1. The Bertz CT molecular complexity index is 563. The summed E-state index contributed by atoms with van der Waals surface area (Å²) < 4.78 is 5.62. The molecular weight excluding hydrogens is 308 g/mol. The van der Waals surface area contributed by atoms with Gasteiger partial charge in [0.2, 0.25) is 0 Å². The highest BCUT2D eigenvalue weighted by atomic mass is 16.5. The third-order valence-electron chi connectivity index (χ3n) is 4.45. The lowest BCUT2D eigenvalue weighted by Gasteiger charge is -2.22. The zero-order valence-electron chi connectivity index (χ0n) is 14.3. The fourth-order valence-electron chi connectivity index (χ4n) is 2.71. The molecule has 1 aliphatic rings. The zero-order valence-corrected chi connectivity index (χ0v) is 14.3. The average molecular weight is 334 g/mol. The predicted molar refractivity (Wildman–Crippen MR) is 90.6 cm³/mol. The van der Waals surface area contributed by atoms with Gasteiger partial charge in [0.25, 0.3) is 0 Å². The summed E-state index contributed by atoms with van der Waals surface area (Å²) in [4.78, 5) is 25.0. The van der Waals surface area contributed by atoms with Gasteiger partial charge in [-0.2, -0.15) is 0 Å². The number of urea groups is 1. The second kappa shape index (κ2) is 8.15. The maximum absolute atomic E-state index is 12.2. The molecule has 1 fully saturated rings. The van der Waals surface area contributed by atoms with Crippen LogP contribution in [0.4, 0.5) is 4.79 Å². The first-order valence-electron chi connectivity index (χ1n) is 8.31. The van der Waals surface area contributed by atoms with Gasteiger partial charge in [-0.05, 0) is 32.3 Å². The topological polar surface area (TPSA) is 78.9 Å². The molecule has 0 aliphatic carbocycles. The normalized spacial score (nSPS) is 21.5. The van der Waals surface area contributed by atoms with Crippen molar-refractivity contribution >= 4 is 12.0 Å². The number of ether oxygens (including phenoxy) is 1. The van der Waals surface area contributed by atoms with Crippen LogP contribution >= 0.6 is 0 Å². The number of rotatable bonds is 7. The van der Waals surface area contributed by atoms with E-state index in [-0.39, 0.29) is 18.6 Å². The minimum absolute atomic E-state index is 0.0232. The van der Waals surface area contributed by atoms with Crippen molar-refractivity contribution in [2.45, 2.75) is 39.3 Å².